The summed E-state index contributed by atoms with van der Waals surface area (Å²) in [6.45, 7) is 2.28. The van der Waals surface area contributed by atoms with Crippen molar-refractivity contribution in [2.75, 3.05) is 31.1 Å². The minimum Gasteiger partial charge on any atom is -0.481 e. The largest absolute Gasteiger partial charge is 0.481 e. The Labute approximate surface area is 192 Å². The van der Waals surface area contributed by atoms with Crippen molar-refractivity contribution >= 4 is 28.7 Å². The van der Waals surface area contributed by atoms with Crippen molar-refractivity contribution in [3.05, 3.63) is 66.7 Å². The lowest BCUT2D eigenvalue weighted by atomic mass is 9.82. The van der Waals surface area contributed by atoms with Crippen molar-refractivity contribution in [2.45, 2.75) is 12.8 Å². The number of hydrogen-bond acceptors (Lipinski definition) is 5. The molecule has 7 nitrogen and oxygen atoms in total. The van der Waals surface area contributed by atoms with Crippen LogP contribution in [0.5, 0.6) is 0 Å². The molecule has 0 radical (unpaired) electrons. The van der Waals surface area contributed by atoms with Gasteiger partial charge < -0.3 is 14.9 Å². The number of carbonyl (C=O) groups excluding carboxylic acids is 1. The van der Waals surface area contributed by atoms with Crippen LogP contribution in [0.25, 0.3) is 22.2 Å². The van der Waals surface area contributed by atoms with Gasteiger partial charge in [0, 0.05) is 37.1 Å². The molecule has 0 spiro atoms. The van der Waals surface area contributed by atoms with Crippen LogP contribution < -0.4 is 4.90 Å². The van der Waals surface area contributed by atoms with E-state index in [0.717, 1.165) is 22.2 Å². The molecule has 0 saturated carbocycles. The van der Waals surface area contributed by atoms with E-state index in [4.69, 9.17) is 9.97 Å². The zero-order valence-corrected chi connectivity index (χ0v) is 18.3. The highest BCUT2D eigenvalue weighted by Gasteiger charge is 2.37. The van der Waals surface area contributed by atoms with Gasteiger partial charge in [-0.2, -0.15) is 0 Å². The van der Waals surface area contributed by atoms with Crippen LogP contribution in [-0.4, -0.2) is 58.0 Å². The molecule has 1 amide bonds. The second kappa shape index (κ2) is 9.02. The molecule has 1 N–H and O–H groups in total. The molecule has 2 heterocycles. The summed E-state index contributed by atoms with van der Waals surface area (Å²) in [7, 11) is 0. The Bertz CT molecular complexity index is 1200. The molecule has 2 atom stereocenters. The highest BCUT2D eigenvalue weighted by Crippen LogP contribution is 2.30. The lowest BCUT2D eigenvalue weighted by molar-refractivity contribution is -0.150. The number of benzene rings is 2. The van der Waals surface area contributed by atoms with E-state index in [1.165, 1.54) is 0 Å². The number of fused-ring (bicyclic) bond motifs is 1. The molecule has 33 heavy (non-hydrogen) atoms. The van der Waals surface area contributed by atoms with Crippen molar-refractivity contribution in [1.82, 2.24) is 14.9 Å². The van der Waals surface area contributed by atoms with Gasteiger partial charge in [-0.1, -0.05) is 60.7 Å². The van der Waals surface area contributed by atoms with E-state index in [2.05, 4.69) is 4.90 Å². The Kier molecular flexibility index (Phi) is 5.77. The quantitative estimate of drug-likeness (QED) is 0.621. The number of allylic oxidation sites excluding steroid dienone is 2. The van der Waals surface area contributed by atoms with Crippen LogP contribution in [0.1, 0.15) is 12.8 Å². The molecule has 0 bridgehead atoms. The number of nitrogens with zero attached hydrogens (tertiary/aromatic N) is 4. The van der Waals surface area contributed by atoms with Crippen molar-refractivity contribution < 1.29 is 14.7 Å². The summed E-state index contributed by atoms with van der Waals surface area (Å²) in [6.07, 6.45) is 4.69. The molecule has 3 aromatic rings. The van der Waals surface area contributed by atoms with Gasteiger partial charge in [0.2, 0.25) is 11.9 Å². The van der Waals surface area contributed by atoms with Crippen LogP contribution in [0, 0.1) is 11.8 Å². The smallest absolute Gasteiger partial charge is 0.307 e. The van der Waals surface area contributed by atoms with Crippen molar-refractivity contribution in [2.24, 2.45) is 11.8 Å². The fourth-order valence-corrected chi connectivity index (χ4v) is 4.74. The van der Waals surface area contributed by atoms with Crippen molar-refractivity contribution in [1.29, 1.82) is 0 Å². The Hall–Kier alpha value is -3.74. The Morgan fingerprint density at radius 2 is 1.48 bits per heavy atom. The minimum atomic E-state index is -0.894. The maximum absolute atomic E-state index is 13.1. The van der Waals surface area contributed by atoms with E-state index >= 15 is 0 Å². The molecule has 7 heteroatoms. The van der Waals surface area contributed by atoms with Gasteiger partial charge in [-0.25, -0.2) is 9.97 Å². The number of carboxylic acid groups (broad SMARTS) is 1. The third-order valence-electron chi connectivity index (χ3n) is 6.58. The molecule has 0 unspecified atom stereocenters. The molecule has 2 aliphatic rings. The van der Waals surface area contributed by atoms with E-state index in [0.29, 0.717) is 45.0 Å². The standard InChI is InChI=1S/C26H26N4O3/c31-24(19-10-4-5-11-20(19)25(32)33)29-14-16-30(17-15-29)26-27-22-13-7-6-12-21(22)23(28-26)18-8-2-1-3-9-18/h1-9,12-13,19-20H,10-11,14-17H2,(H,32,33)/t19-,20+/m0/s1. The molecule has 168 valence electrons. The van der Waals surface area contributed by atoms with Crippen LogP contribution in [0.15, 0.2) is 66.7 Å². The molecule has 1 fully saturated rings. The van der Waals surface area contributed by atoms with Crippen LogP contribution in [0.4, 0.5) is 5.95 Å². The first-order valence-corrected chi connectivity index (χ1v) is 11.4. The summed E-state index contributed by atoms with van der Waals surface area (Å²) < 4.78 is 0. The third-order valence-corrected chi connectivity index (χ3v) is 6.58. The van der Waals surface area contributed by atoms with Crippen LogP contribution >= 0.6 is 0 Å². The first-order chi connectivity index (χ1) is 16.1. The first kappa shape index (κ1) is 21.1. The second-order valence-corrected chi connectivity index (χ2v) is 8.56. The van der Waals surface area contributed by atoms with E-state index in [9.17, 15) is 14.7 Å². The molecule has 1 aromatic heterocycles. The topological polar surface area (TPSA) is 86.6 Å². The monoisotopic (exact) mass is 442 g/mol. The third kappa shape index (κ3) is 4.18. The number of hydrogen-bond donors (Lipinski definition) is 1. The number of aliphatic carboxylic acids is 1. The summed E-state index contributed by atoms with van der Waals surface area (Å²) in [6, 6.07) is 18.1. The maximum atomic E-state index is 13.1. The molecule has 1 aliphatic carbocycles. The number of amides is 1. The minimum absolute atomic E-state index is 0.0594. The fourth-order valence-electron chi connectivity index (χ4n) is 4.74. The number of carbonyl (C=O) groups is 2. The van der Waals surface area contributed by atoms with Gasteiger partial charge in [-0.05, 0) is 18.9 Å². The first-order valence-electron chi connectivity index (χ1n) is 11.4. The van der Waals surface area contributed by atoms with Crippen LogP contribution in [-0.2, 0) is 9.59 Å². The Morgan fingerprint density at radius 1 is 0.818 bits per heavy atom. The van der Waals surface area contributed by atoms with Gasteiger partial charge >= 0.3 is 5.97 Å². The van der Waals surface area contributed by atoms with Crippen LogP contribution in [0.3, 0.4) is 0 Å². The lowest BCUT2D eigenvalue weighted by Gasteiger charge is -2.37. The average molecular weight is 443 g/mol. The van der Waals surface area contributed by atoms with E-state index in [-0.39, 0.29) is 5.91 Å². The number of piperazine rings is 1. The molecule has 5 rings (SSSR count). The average Bonchev–Trinajstić information content (AvgIpc) is 2.88. The van der Waals surface area contributed by atoms with Gasteiger partial charge in [0.05, 0.1) is 23.0 Å². The number of rotatable bonds is 4. The van der Waals surface area contributed by atoms with Gasteiger partial charge in [0.25, 0.3) is 0 Å². The summed E-state index contributed by atoms with van der Waals surface area (Å²) in [5, 5.41) is 10.5. The number of aromatic nitrogens is 2. The van der Waals surface area contributed by atoms with E-state index < -0.39 is 17.8 Å². The summed E-state index contributed by atoms with van der Waals surface area (Å²) in [4.78, 5) is 38.3. The van der Waals surface area contributed by atoms with Gasteiger partial charge in [0.15, 0.2) is 0 Å². The van der Waals surface area contributed by atoms with E-state index in [1.807, 2.05) is 66.7 Å². The second-order valence-electron chi connectivity index (χ2n) is 8.56. The number of anilines is 1. The highest BCUT2D eigenvalue weighted by molar-refractivity contribution is 5.93. The summed E-state index contributed by atoms with van der Waals surface area (Å²) in [5.74, 6) is -1.42. The predicted octanol–water partition coefficient (Wildman–Crippen LogP) is 3.61. The number of para-hydroxylation sites is 1. The van der Waals surface area contributed by atoms with Crippen molar-refractivity contribution in [3.63, 3.8) is 0 Å². The number of carboxylic acids is 1. The van der Waals surface area contributed by atoms with Gasteiger partial charge in [-0.15, -0.1) is 0 Å². The Morgan fingerprint density at radius 3 is 2.21 bits per heavy atom. The molecule has 1 aliphatic heterocycles. The predicted molar refractivity (Wildman–Crippen MR) is 127 cm³/mol. The van der Waals surface area contributed by atoms with Gasteiger partial charge in [-0.3, -0.25) is 9.59 Å². The van der Waals surface area contributed by atoms with E-state index in [1.54, 1.807) is 4.90 Å². The van der Waals surface area contributed by atoms with Gasteiger partial charge in [0.1, 0.15) is 0 Å². The summed E-state index contributed by atoms with van der Waals surface area (Å²) in [5.41, 5.74) is 2.82. The fraction of sp³-hybridized carbons (Fsp3) is 0.308. The van der Waals surface area contributed by atoms with Crippen LogP contribution in [0.2, 0.25) is 0 Å². The molecular formula is C26H26N4O3. The molecule has 2 aromatic carbocycles. The Balaban J connectivity index is 1.36. The zero-order valence-electron chi connectivity index (χ0n) is 18.3. The summed E-state index contributed by atoms with van der Waals surface area (Å²) >= 11 is 0. The highest BCUT2D eigenvalue weighted by atomic mass is 16.4. The van der Waals surface area contributed by atoms with Crippen molar-refractivity contribution in [3.8, 4) is 11.3 Å². The normalized spacial score (nSPS) is 20.7. The zero-order chi connectivity index (χ0) is 22.8. The lowest BCUT2D eigenvalue weighted by Crippen LogP contribution is -2.52. The SMILES string of the molecule is O=C(O)[C@@H]1CC=CC[C@@H]1C(=O)N1CCN(c2nc(-c3ccccc3)c3ccccc3n2)CC1. The molecular weight excluding hydrogens is 416 g/mol. The maximum Gasteiger partial charge on any atom is 0.307 e. The molecule has 1 saturated heterocycles.